The number of esters is 3. The highest BCUT2D eigenvalue weighted by molar-refractivity contribution is 7.80. The highest BCUT2D eigenvalue weighted by atomic mass is 32.1. The van der Waals surface area contributed by atoms with E-state index in [1.165, 1.54) is 0 Å². The van der Waals surface area contributed by atoms with E-state index in [1.807, 2.05) is 5.32 Å². The molecule has 1 N–H and O–H groups in total. The third-order valence-electron chi connectivity index (χ3n) is 3.70. The molecule has 0 aromatic carbocycles. The number of amides is 5. The number of carbonyl (C=O) groups excluding carboxylic acids is 6. The first-order valence-electron chi connectivity index (χ1n) is 9.90. The topological polar surface area (TPSA) is 149 Å². The largest absolute Gasteiger partial charge is 0.464 e. The Bertz CT molecular complexity index is 643. The van der Waals surface area contributed by atoms with E-state index in [0.29, 0.717) is 4.90 Å². The summed E-state index contributed by atoms with van der Waals surface area (Å²) in [5, 5.41) is 1.85. The minimum absolute atomic E-state index is 0.0407. The first-order chi connectivity index (χ1) is 15.8. The van der Waals surface area contributed by atoms with Crippen LogP contribution in [0.2, 0.25) is 0 Å². The number of urea groups is 2. The van der Waals surface area contributed by atoms with Gasteiger partial charge in [-0.3, -0.25) is 24.5 Å². The van der Waals surface area contributed by atoms with Crippen molar-refractivity contribution in [2.45, 2.75) is 19.3 Å². The van der Waals surface area contributed by atoms with Gasteiger partial charge in [0, 0.05) is 17.3 Å². The molecule has 0 saturated carbocycles. The molecule has 0 unspecified atom stereocenters. The molecule has 0 aromatic rings. The second-order valence-corrected chi connectivity index (χ2v) is 7.41. The number of imide groups is 2. The molecule has 0 rings (SSSR count). The second kappa shape index (κ2) is 19.3. The van der Waals surface area contributed by atoms with Crippen LogP contribution in [-0.2, 0) is 33.4 Å². The molecule has 188 valence electrons. The summed E-state index contributed by atoms with van der Waals surface area (Å²) >= 11 is 11.8. The average Bonchev–Trinajstić information content (AvgIpc) is 2.76. The lowest BCUT2D eigenvalue weighted by molar-refractivity contribution is -0.144. The first-order valence-corrected chi connectivity index (χ1v) is 11.8. The number of nitrogens with one attached hydrogen (secondary N) is 1. The van der Waals surface area contributed by atoms with Gasteiger partial charge in [-0.25, -0.2) is 14.5 Å². The Morgan fingerprint density at radius 1 is 0.697 bits per heavy atom. The second-order valence-electron chi connectivity index (χ2n) is 6.07. The summed E-state index contributed by atoms with van der Waals surface area (Å²) in [4.78, 5) is 72.2. The molecule has 0 aromatic heterocycles. The minimum Gasteiger partial charge on any atom is -0.464 e. The monoisotopic (exact) mass is 527 g/mol. The van der Waals surface area contributed by atoms with Crippen molar-refractivity contribution in [3.8, 4) is 0 Å². The normalized spacial score (nSPS) is 10.0. The number of hydrogen-bond donors (Lipinski definition) is 4. The Kier molecular flexibility index (Phi) is 18.1. The van der Waals surface area contributed by atoms with Crippen molar-refractivity contribution >= 4 is 74.3 Å². The van der Waals surface area contributed by atoms with Crippen molar-refractivity contribution in [2.24, 2.45) is 0 Å². The molecule has 5 amide bonds. The number of ether oxygens (including phenoxy) is 3. The van der Waals surface area contributed by atoms with Gasteiger partial charge in [0.2, 0.25) is 6.41 Å². The van der Waals surface area contributed by atoms with E-state index in [-0.39, 0.29) is 82.4 Å². The number of thiol groups is 3. The molecule has 0 bridgehead atoms. The van der Waals surface area contributed by atoms with Gasteiger partial charge in [0.25, 0.3) is 0 Å². The van der Waals surface area contributed by atoms with Crippen LogP contribution in [-0.4, -0.2) is 103 Å². The van der Waals surface area contributed by atoms with Crippen LogP contribution >= 0.6 is 37.9 Å². The Balaban J connectivity index is 5.24. The van der Waals surface area contributed by atoms with E-state index >= 15 is 0 Å². The first kappa shape index (κ1) is 30.9. The zero-order valence-corrected chi connectivity index (χ0v) is 20.7. The fraction of sp³-hybridized carbons (Fsp3) is 0.667. The molecule has 0 aliphatic rings. The van der Waals surface area contributed by atoms with E-state index < -0.39 is 30.0 Å². The maximum Gasteiger partial charge on any atom is 0.332 e. The van der Waals surface area contributed by atoms with Crippen molar-refractivity contribution in [2.75, 3.05) is 56.7 Å². The van der Waals surface area contributed by atoms with Gasteiger partial charge in [0.15, 0.2) is 0 Å². The van der Waals surface area contributed by atoms with Gasteiger partial charge in [-0.05, 0) is 0 Å². The van der Waals surface area contributed by atoms with E-state index in [4.69, 9.17) is 14.2 Å². The van der Waals surface area contributed by atoms with Crippen LogP contribution in [0.5, 0.6) is 0 Å². The molecule has 33 heavy (non-hydrogen) atoms. The van der Waals surface area contributed by atoms with Gasteiger partial charge >= 0.3 is 30.0 Å². The van der Waals surface area contributed by atoms with E-state index in [1.54, 1.807) is 0 Å². The molecule has 0 radical (unpaired) electrons. The van der Waals surface area contributed by atoms with E-state index in [0.717, 1.165) is 4.90 Å². The molecular weight excluding hydrogens is 498 g/mol. The van der Waals surface area contributed by atoms with Crippen LogP contribution in [0, 0.1) is 0 Å². The summed E-state index contributed by atoms with van der Waals surface area (Å²) in [6.07, 6.45) is 0.283. The fourth-order valence-corrected chi connectivity index (χ4v) is 2.71. The maximum absolute atomic E-state index is 13.0. The molecule has 0 atom stereocenters. The molecule has 0 fully saturated rings. The average molecular weight is 528 g/mol. The molecule has 15 heteroatoms. The fourth-order valence-electron chi connectivity index (χ4n) is 2.17. The molecule has 0 spiro atoms. The van der Waals surface area contributed by atoms with Gasteiger partial charge in [0.05, 0.1) is 38.9 Å². The predicted molar refractivity (Wildman–Crippen MR) is 127 cm³/mol. The number of hydrogen-bond acceptors (Lipinski definition) is 12. The number of nitrogens with zero attached hydrogens (tertiary/aromatic N) is 2. The lowest BCUT2D eigenvalue weighted by Gasteiger charge is -2.28. The molecule has 0 aliphatic carbocycles. The van der Waals surface area contributed by atoms with Gasteiger partial charge in [-0.1, -0.05) is 0 Å². The van der Waals surface area contributed by atoms with E-state index in [2.05, 4.69) is 37.9 Å². The van der Waals surface area contributed by atoms with Crippen molar-refractivity contribution in [3.05, 3.63) is 0 Å². The van der Waals surface area contributed by atoms with Crippen LogP contribution < -0.4 is 5.32 Å². The van der Waals surface area contributed by atoms with Crippen LogP contribution in [0.25, 0.3) is 0 Å². The van der Waals surface area contributed by atoms with Gasteiger partial charge < -0.3 is 19.1 Å². The van der Waals surface area contributed by atoms with Crippen molar-refractivity contribution in [1.82, 2.24) is 15.1 Å². The summed E-state index contributed by atoms with van der Waals surface area (Å²) in [5.74, 6) is -0.785. The zero-order chi connectivity index (χ0) is 25.1. The number of rotatable bonds is 16. The summed E-state index contributed by atoms with van der Waals surface area (Å²) in [6, 6.07) is -1.93. The Morgan fingerprint density at radius 3 is 1.45 bits per heavy atom. The summed E-state index contributed by atoms with van der Waals surface area (Å²) in [5.41, 5.74) is 0. The van der Waals surface area contributed by atoms with Gasteiger partial charge in [-0.15, -0.1) is 0 Å². The van der Waals surface area contributed by atoms with Crippen molar-refractivity contribution in [3.63, 3.8) is 0 Å². The van der Waals surface area contributed by atoms with E-state index in [9.17, 15) is 28.8 Å². The quantitative estimate of drug-likeness (QED) is 0.0953. The van der Waals surface area contributed by atoms with Crippen LogP contribution in [0.15, 0.2) is 0 Å². The molecular formula is C18H29N3O9S3. The van der Waals surface area contributed by atoms with Gasteiger partial charge in [0.1, 0.15) is 19.8 Å². The summed E-state index contributed by atoms with van der Waals surface area (Å²) in [6.45, 7) is -1.32. The zero-order valence-electron chi connectivity index (χ0n) is 18.0. The Labute approximate surface area is 208 Å². The molecule has 12 nitrogen and oxygen atoms in total. The summed E-state index contributed by atoms with van der Waals surface area (Å²) in [7, 11) is 0. The highest BCUT2D eigenvalue weighted by Gasteiger charge is 2.27. The maximum atomic E-state index is 13.0. The molecule has 0 aliphatic heterocycles. The van der Waals surface area contributed by atoms with Crippen LogP contribution in [0.4, 0.5) is 9.59 Å². The lowest BCUT2D eigenvalue weighted by Crippen LogP contribution is -2.52. The third-order valence-corrected chi connectivity index (χ3v) is 4.37. The third kappa shape index (κ3) is 14.6. The lowest BCUT2D eigenvalue weighted by atomic mass is 10.4. The smallest absolute Gasteiger partial charge is 0.332 e. The predicted octanol–water partition coefficient (Wildman–Crippen LogP) is 0.166. The minimum atomic E-state index is -1.05. The Morgan fingerprint density at radius 2 is 1.09 bits per heavy atom. The Hall–Kier alpha value is -2.13. The summed E-state index contributed by atoms with van der Waals surface area (Å²) < 4.78 is 14.9. The SMILES string of the molecule is O=CNC(=O)N(CCOC(=O)CCS)C(=O)N(CCOC(=O)CCS)CCOC(=O)CCS. The highest BCUT2D eigenvalue weighted by Crippen LogP contribution is 2.03. The standard InChI is InChI=1S/C18H29N3O9S3/c22-13-19-17(26)21(6-9-30-16(25)3-12-33)18(27)20(4-7-28-14(23)1-10-31)5-8-29-15(24)2-11-32/h13,31-33H,1-12H2,(H,19,22,26). The van der Waals surface area contributed by atoms with Crippen molar-refractivity contribution in [1.29, 1.82) is 0 Å². The van der Waals surface area contributed by atoms with Crippen LogP contribution in [0.1, 0.15) is 19.3 Å². The molecule has 0 saturated heterocycles. The number of carbonyl (C=O) groups is 6. The van der Waals surface area contributed by atoms with Crippen LogP contribution in [0.3, 0.4) is 0 Å². The van der Waals surface area contributed by atoms with Crippen molar-refractivity contribution < 1.29 is 43.0 Å². The van der Waals surface area contributed by atoms with Gasteiger partial charge in [-0.2, -0.15) is 37.9 Å². The molecule has 0 heterocycles.